The zero-order chi connectivity index (χ0) is 18.2. The van der Waals surface area contributed by atoms with Gasteiger partial charge in [-0.2, -0.15) is 0 Å². The molecule has 5 nitrogen and oxygen atoms in total. The van der Waals surface area contributed by atoms with E-state index in [2.05, 4.69) is 22.1 Å². The van der Waals surface area contributed by atoms with E-state index >= 15 is 0 Å². The molecule has 1 aromatic carbocycles. The minimum atomic E-state index is -0.171. The number of carbonyl (C=O) groups excluding carboxylic acids is 1. The molecular formula is C18H23N3O2S2. The van der Waals surface area contributed by atoms with Crippen LogP contribution in [0, 0.1) is 0 Å². The van der Waals surface area contributed by atoms with E-state index in [0.717, 1.165) is 24.1 Å². The number of hydrogen-bond donors (Lipinski definition) is 1. The standard InChI is InChI=1S/C18H23N3O2S2/c1-4-5-14-10-16(22)20-18(19-14)25-12-17(23)21(2)11-13-6-8-15(24-3)9-7-13/h6-10H,4-5,11-12H2,1-3H3,(H,19,20,22). The Morgan fingerprint density at radius 1 is 1.28 bits per heavy atom. The molecule has 7 heteroatoms. The first-order valence-corrected chi connectivity index (χ1v) is 10.3. The third-order valence-corrected chi connectivity index (χ3v) is 5.22. The van der Waals surface area contributed by atoms with Crippen LogP contribution in [0.5, 0.6) is 0 Å². The highest BCUT2D eigenvalue weighted by molar-refractivity contribution is 7.99. The Hall–Kier alpha value is -1.73. The lowest BCUT2D eigenvalue weighted by atomic mass is 10.2. The summed E-state index contributed by atoms with van der Waals surface area (Å²) in [6, 6.07) is 9.70. The Bertz CT molecular complexity index is 760. The summed E-state index contributed by atoms with van der Waals surface area (Å²) in [6.07, 6.45) is 3.73. The van der Waals surface area contributed by atoms with Crippen LogP contribution in [-0.4, -0.2) is 39.8 Å². The summed E-state index contributed by atoms with van der Waals surface area (Å²) in [5.41, 5.74) is 1.69. The molecule has 1 aromatic heterocycles. The average molecular weight is 378 g/mol. The van der Waals surface area contributed by atoms with Gasteiger partial charge in [0.1, 0.15) is 0 Å². The number of benzene rings is 1. The van der Waals surface area contributed by atoms with Crippen LogP contribution < -0.4 is 5.56 Å². The van der Waals surface area contributed by atoms with Crippen LogP contribution in [0.25, 0.3) is 0 Å². The summed E-state index contributed by atoms with van der Waals surface area (Å²) in [6.45, 7) is 2.60. The molecule has 1 N–H and O–H groups in total. The lowest BCUT2D eigenvalue weighted by Crippen LogP contribution is -2.28. The van der Waals surface area contributed by atoms with E-state index in [1.807, 2.05) is 25.3 Å². The molecule has 0 aliphatic rings. The van der Waals surface area contributed by atoms with Crippen molar-refractivity contribution in [1.29, 1.82) is 0 Å². The molecule has 134 valence electrons. The molecule has 1 amide bonds. The summed E-state index contributed by atoms with van der Waals surface area (Å²) in [7, 11) is 1.79. The van der Waals surface area contributed by atoms with Gasteiger partial charge >= 0.3 is 0 Å². The minimum absolute atomic E-state index is 0.00230. The number of carbonyl (C=O) groups is 1. The number of aromatic amines is 1. The largest absolute Gasteiger partial charge is 0.341 e. The van der Waals surface area contributed by atoms with Crippen LogP contribution in [0.2, 0.25) is 0 Å². The lowest BCUT2D eigenvalue weighted by molar-refractivity contribution is -0.127. The quantitative estimate of drug-likeness (QED) is 0.565. The fraction of sp³-hybridized carbons (Fsp3) is 0.389. The van der Waals surface area contributed by atoms with Crippen LogP contribution in [-0.2, 0) is 17.8 Å². The van der Waals surface area contributed by atoms with E-state index in [1.54, 1.807) is 23.7 Å². The number of H-pyrrole nitrogens is 1. The molecule has 0 radical (unpaired) electrons. The third kappa shape index (κ3) is 6.25. The van der Waals surface area contributed by atoms with Gasteiger partial charge in [0.25, 0.3) is 5.56 Å². The van der Waals surface area contributed by atoms with Gasteiger partial charge in [0.05, 0.1) is 5.75 Å². The van der Waals surface area contributed by atoms with Crippen LogP contribution in [0.1, 0.15) is 24.6 Å². The molecule has 0 spiro atoms. The molecule has 0 saturated heterocycles. The van der Waals surface area contributed by atoms with Gasteiger partial charge < -0.3 is 9.88 Å². The van der Waals surface area contributed by atoms with Crippen molar-refractivity contribution in [3.63, 3.8) is 0 Å². The van der Waals surface area contributed by atoms with Crippen molar-refractivity contribution in [3.8, 4) is 0 Å². The van der Waals surface area contributed by atoms with Crippen molar-refractivity contribution in [2.75, 3.05) is 19.1 Å². The summed E-state index contributed by atoms with van der Waals surface area (Å²) in [5.74, 6) is 0.250. The van der Waals surface area contributed by atoms with E-state index in [9.17, 15) is 9.59 Å². The second kappa shape index (κ2) is 9.68. The molecule has 1 heterocycles. The Morgan fingerprint density at radius 2 is 2.00 bits per heavy atom. The number of aryl methyl sites for hydroxylation is 1. The summed E-state index contributed by atoms with van der Waals surface area (Å²) in [5, 5.41) is 0.502. The molecular weight excluding hydrogens is 354 g/mol. The highest BCUT2D eigenvalue weighted by Crippen LogP contribution is 2.17. The monoisotopic (exact) mass is 377 g/mol. The van der Waals surface area contributed by atoms with Crippen LogP contribution >= 0.6 is 23.5 Å². The SMILES string of the molecule is CCCc1cc(=O)[nH]c(SCC(=O)N(C)Cc2ccc(SC)cc2)n1. The van der Waals surface area contributed by atoms with Gasteiger partial charge in [-0.15, -0.1) is 11.8 Å². The predicted octanol–water partition coefficient (Wildman–Crippen LogP) is 3.20. The molecule has 0 unspecified atom stereocenters. The smallest absolute Gasteiger partial charge is 0.251 e. The number of rotatable bonds is 8. The zero-order valence-corrected chi connectivity index (χ0v) is 16.4. The number of hydrogen-bond acceptors (Lipinski definition) is 5. The van der Waals surface area contributed by atoms with Gasteiger partial charge in [0.2, 0.25) is 5.91 Å². The topological polar surface area (TPSA) is 66.1 Å². The normalized spacial score (nSPS) is 10.7. The number of amides is 1. The zero-order valence-electron chi connectivity index (χ0n) is 14.7. The highest BCUT2D eigenvalue weighted by atomic mass is 32.2. The molecule has 2 rings (SSSR count). The lowest BCUT2D eigenvalue weighted by Gasteiger charge is -2.17. The van der Waals surface area contributed by atoms with E-state index in [1.165, 1.54) is 22.7 Å². The second-order valence-corrected chi connectivity index (χ2v) is 7.52. The fourth-order valence-electron chi connectivity index (χ4n) is 2.27. The molecule has 0 aliphatic heterocycles. The third-order valence-electron chi connectivity index (χ3n) is 3.62. The van der Waals surface area contributed by atoms with Gasteiger partial charge in [-0.25, -0.2) is 4.98 Å². The maximum Gasteiger partial charge on any atom is 0.251 e. The predicted molar refractivity (Wildman–Crippen MR) is 104 cm³/mol. The van der Waals surface area contributed by atoms with E-state index in [4.69, 9.17) is 0 Å². The Morgan fingerprint density at radius 3 is 2.64 bits per heavy atom. The molecule has 0 fully saturated rings. The van der Waals surface area contributed by atoms with Gasteiger partial charge in [0.15, 0.2) is 5.16 Å². The van der Waals surface area contributed by atoms with Gasteiger partial charge in [0, 0.05) is 30.2 Å². The van der Waals surface area contributed by atoms with E-state index < -0.39 is 0 Å². The van der Waals surface area contributed by atoms with Crippen molar-refractivity contribution in [1.82, 2.24) is 14.9 Å². The minimum Gasteiger partial charge on any atom is -0.341 e. The van der Waals surface area contributed by atoms with Crippen molar-refractivity contribution < 1.29 is 4.79 Å². The van der Waals surface area contributed by atoms with Crippen LogP contribution in [0.4, 0.5) is 0 Å². The number of aromatic nitrogens is 2. The number of thioether (sulfide) groups is 2. The fourth-order valence-corrected chi connectivity index (χ4v) is 3.51. The number of nitrogens with one attached hydrogen (secondary N) is 1. The van der Waals surface area contributed by atoms with E-state index in [-0.39, 0.29) is 17.2 Å². The van der Waals surface area contributed by atoms with Crippen molar-refractivity contribution >= 4 is 29.4 Å². The van der Waals surface area contributed by atoms with Crippen molar-refractivity contribution in [3.05, 3.63) is 51.9 Å². The molecule has 0 bridgehead atoms. The Balaban J connectivity index is 1.91. The molecule has 25 heavy (non-hydrogen) atoms. The van der Waals surface area contributed by atoms with Crippen LogP contribution in [0.3, 0.4) is 0 Å². The summed E-state index contributed by atoms with van der Waals surface area (Å²) >= 11 is 2.96. The molecule has 0 saturated carbocycles. The van der Waals surface area contributed by atoms with Gasteiger partial charge in [-0.3, -0.25) is 9.59 Å². The summed E-state index contributed by atoms with van der Waals surface area (Å²) < 4.78 is 0. The molecule has 0 atom stereocenters. The van der Waals surface area contributed by atoms with Gasteiger partial charge in [-0.05, 0) is 30.4 Å². The molecule has 0 aliphatic carbocycles. The first-order chi connectivity index (χ1) is 12.0. The van der Waals surface area contributed by atoms with Crippen LogP contribution in [0.15, 0.2) is 45.2 Å². The van der Waals surface area contributed by atoms with Crippen molar-refractivity contribution in [2.45, 2.75) is 36.4 Å². The molecule has 2 aromatic rings. The van der Waals surface area contributed by atoms with Gasteiger partial charge in [-0.1, -0.05) is 37.2 Å². The first-order valence-electron chi connectivity index (χ1n) is 8.11. The maximum absolute atomic E-state index is 12.3. The highest BCUT2D eigenvalue weighted by Gasteiger charge is 2.11. The maximum atomic E-state index is 12.3. The Labute approximate surface area is 156 Å². The number of nitrogens with zero attached hydrogens (tertiary/aromatic N) is 2. The second-order valence-electron chi connectivity index (χ2n) is 5.68. The Kier molecular flexibility index (Phi) is 7.58. The first kappa shape index (κ1) is 19.6. The average Bonchev–Trinajstić information content (AvgIpc) is 2.60. The summed E-state index contributed by atoms with van der Waals surface area (Å²) in [4.78, 5) is 33.9. The van der Waals surface area contributed by atoms with Crippen molar-refractivity contribution in [2.24, 2.45) is 0 Å². The van der Waals surface area contributed by atoms with E-state index in [0.29, 0.717) is 11.7 Å².